The van der Waals surface area contributed by atoms with Crippen molar-refractivity contribution in [1.29, 1.82) is 0 Å². The van der Waals surface area contributed by atoms with Gasteiger partial charge in [-0.05, 0) is 12.8 Å². The SMILES string of the molecule is CCCCCCCN=C([S-])[S-].CCCCCCCNC(=S)S.[Pb+2]. The van der Waals surface area contributed by atoms with Crippen LogP contribution in [0.1, 0.15) is 78.1 Å². The van der Waals surface area contributed by atoms with E-state index in [4.69, 9.17) is 12.2 Å². The molecule has 0 atom stereocenters. The van der Waals surface area contributed by atoms with Crippen LogP contribution < -0.4 is 5.32 Å². The molecule has 0 bridgehead atoms. The van der Waals surface area contributed by atoms with Crippen LogP contribution in [0.5, 0.6) is 0 Å². The van der Waals surface area contributed by atoms with Gasteiger partial charge in [0.25, 0.3) is 0 Å². The fourth-order valence-electron chi connectivity index (χ4n) is 1.81. The first-order valence-corrected chi connectivity index (χ1v) is 10.1. The van der Waals surface area contributed by atoms with Crippen LogP contribution in [-0.2, 0) is 25.3 Å². The van der Waals surface area contributed by atoms with Gasteiger partial charge in [-0.25, -0.2) is 4.38 Å². The molecule has 0 aromatic carbocycles. The minimum atomic E-state index is 0. The van der Waals surface area contributed by atoms with Crippen LogP contribution in [0.25, 0.3) is 0 Å². The first-order chi connectivity index (χ1) is 10.5. The van der Waals surface area contributed by atoms with Gasteiger partial charge in [0.05, 0.1) is 0 Å². The zero-order valence-electron chi connectivity index (χ0n) is 14.6. The van der Waals surface area contributed by atoms with Crippen molar-refractivity contribution in [3.05, 3.63) is 0 Å². The van der Waals surface area contributed by atoms with Gasteiger partial charge in [0.1, 0.15) is 4.32 Å². The van der Waals surface area contributed by atoms with Crippen molar-refractivity contribution in [1.82, 2.24) is 5.32 Å². The molecule has 0 aliphatic rings. The Hall–Kier alpha value is 1.27. The quantitative estimate of drug-likeness (QED) is 0.0653. The third kappa shape index (κ3) is 35.3. The molecule has 0 saturated carbocycles. The molecular weight excluding hydrogens is 556 g/mol. The Labute approximate surface area is 186 Å². The van der Waals surface area contributed by atoms with E-state index in [9.17, 15) is 0 Å². The number of unbranched alkanes of at least 4 members (excludes halogenated alkanes) is 8. The molecule has 7 heteroatoms. The Morgan fingerprint density at radius 3 is 1.83 bits per heavy atom. The van der Waals surface area contributed by atoms with Crippen molar-refractivity contribution < 1.29 is 0 Å². The molecule has 0 aromatic heterocycles. The van der Waals surface area contributed by atoms with Crippen molar-refractivity contribution in [2.24, 2.45) is 4.99 Å². The molecule has 0 saturated heterocycles. The zero-order chi connectivity index (χ0) is 17.1. The molecule has 0 rings (SSSR count). The number of aliphatic imine (C=N–C) groups is 1. The molecule has 23 heavy (non-hydrogen) atoms. The molecule has 0 amide bonds. The van der Waals surface area contributed by atoms with Gasteiger partial charge in [-0.1, -0.05) is 77.4 Å². The average molecular weight is 588 g/mol. The van der Waals surface area contributed by atoms with Crippen molar-refractivity contribution in [2.75, 3.05) is 13.1 Å². The van der Waals surface area contributed by atoms with Crippen LogP contribution in [-0.4, -0.2) is 49.1 Å². The van der Waals surface area contributed by atoms with E-state index in [0.717, 1.165) is 19.5 Å². The Morgan fingerprint density at radius 1 is 0.913 bits per heavy atom. The molecule has 2 radical (unpaired) electrons. The molecule has 1 N–H and O–H groups in total. The molecule has 134 valence electrons. The predicted molar refractivity (Wildman–Crippen MR) is 120 cm³/mol. The normalized spacial score (nSPS) is 9.17. The third-order valence-corrected chi connectivity index (χ3v) is 3.62. The fourth-order valence-corrected chi connectivity index (χ4v) is 2.21. The molecule has 0 aromatic rings. The standard InChI is InChI=1S/2C8H17NS2.Pb/c2*1-2-3-4-5-6-7-9-8(10)11;/h2*2-7H2,1H3,(H2,9,10,11);/q;;+2/p-2. The van der Waals surface area contributed by atoms with Gasteiger partial charge >= 0.3 is 27.3 Å². The largest absolute Gasteiger partial charge is 2.00 e. The van der Waals surface area contributed by atoms with Crippen molar-refractivity contribution in [3.8, 4) is 0 Å². The van der Waals surface area contributed by atoms with Gasteiger partial charge in [0.2, 0.25) is 0 Å². The van der Waals surface area contributed by atoms with E-state index >= 15 is 0 Å². The molecule has 0 aliphatic heterocycles. The summed E-state index contributed by atoms with van der Waals surface area (Å²) in [4.78, 5) is 3.97. The maximum absolute atomic E-state index is 4.75. The van der Waals surface area contributed by atoms with E-state index in [2.05, 4.69) is 62.0 Å². The van der Waals surface area contributed by atoms with Gasteiger partial charge in [-0.2, -0.15) is 0 Å². The summed E-state index contributed by atoms with van der Waals surface area (Å²) in [5.74, 6) is 0. The number of thiol groups is 1. The third-order valence-electron chi connectivity index (χ3n) is 3.06. The monoisotopic (exact) mass is 588 g/mol. The summed E-state index contributed by atoms with van der Waals surface area (Å²) >= 11 is 18.0. The maximum atomic E-state index is 4.75. The van der Waals surface area contributed by atoms with Gasteiger partial charge in [-0.15, -0.1) is 12.6 Å². The maximum Gasteiger partial charge on any atom is 2.00 e. The number of nitrogens with zero attached hydrogens (tertiary/aromatic N) is 1. The molecule has 0 heterocycles. The molecule has 2 nitrogen and oxygen atoms in total. The summed E-state index contributed by atoms with van der Waals surface area (Å²) in [6.07, 6.45) is 12.8. The topological polar surface area (TPSA) is 24.4 Å². The zero-order valence-corrected chi connectivity index (χ0v) is 21.8. The van der Waals surface area contributed by atoms with Gasteiger partial charge < -0.3 is 35.6 Å². The van der Waals surface area contributed by atoms with Gasteiger partial charge in [0.15, 0.2) is 0 Å². The van der Waals surface area contributed by atoms with Crippen LogP contribution in [0.4, 0.5) is 0 Å². The van der Waals surface area contributed by atoms with Gasteiger partial charge in [0, 0.05) is 13.1 Å². The first kappa shape index (κ1) is 29.1. The Balaban J connectivity index is -0.000000333. The predicted octanol–water partition coefficient (Wildman–Crippen LogP) is 4.79. The second kappa shape index (κ2) is 25.5. The second-order valence-corrected chi connectivity index (χ2v) is 7.40. The minimum Gasteiger partial charge on any atom is -0.789 e. The number of thiocarbonyl (C=S) groups is 1. The van der Waals surface area contributed by atoms with E-state index in [1.807, 2.05) is 0 Å². The molecule has 0 fully saturated rings. The number of hydrogen-bond donors (Lipinski definition) is 2. The summed E-state index contributed by atoms with van der Waals surface area (Å²) in [6.45, 7) is 6.24. The number of nitrogens with one attached hydrogen (secondary N) is 1. The summed E-state index contributed by atoms with van der Waals surface area (Å²) in [7, 11) is 0. The van der Waals surface area contributed by atoms with E-state index in [0.29, 0.717) is 8.70 Å². The average Bonchev–Trinajstić information content (AvgIpc) is 2.46. The van der Waals surface area contributed by atoms with Crippen LogP contribution >= 0.6 is 24.8 Å². The van der Waals surface area contributed by atoms with E-state index in [1.165, 1.54) is 57.8 Å². The van der Waals surface area contributed by atoms with Crippen LogP contribution in [0.2, 0.25) is 0 Å². The Kier molecular flexibility index (Phi) is 32.2. The summed E-state index contributed by atoms with van der Waals surface area (Å²) in [5.41, 5.74) is 0. The molecular formula is C16H32N2PbS4. The second-order valence-electron chi connectivity index (χ2n) is 5.21. The Morgan fingerprint density at radius 2 is 1.39 bits per heavy atom. The Bertz CT molecular complexity index is 273. The molecule has 0 spiro atoms. The van der Waals surface area contributed by atoms with E-state index < -0.39 is 0 Å². The van der Waals surface area contributed by atoms with Gasteiger partial charge in [-0.3, -0.25) is 0 Å². The van der Waals surface area contributed by atoms with Crippen LogP contribution in [0.3, 0.4) is 0 Å². The fraction of sp³-hybridized carbons (Fsp3) is 0.875. The molecule has 0 aliphatic carbocycles. The van der Waals surface area contributed by atoms with E-state index in [-0.39, 0.29) is 27.3 Å². The minimum absolute atomic E-state index is 0. The summed E-state index contributed by atoms with van der Waals surface area (Å²) in [5, 5.41) is 3.02. The summed E-state index contributed by atoms with van der Waals surface area (Å²) < 4.78 is 0.987. The summed E-state index contributed by atoms with van der Waals surface area (Å²) in [6, 6.07) is 0. The van der Waals surface area contributed by atoms with Crippen LogP contribution in [0, 0.1) is 0 Å². The first-order valence-electron chi connectivity index (χ1n) is 8.39. The van der Waals surface area contributed by atoms with E-state index in [1.54, 1.807) is 0 Å². The van der Waals surface area contributed by atoms with Crippen molar-refractivity contribution in [2.45, 2.75) is 78.1 Å². The van der Waals surface area contributed by atoms with Crippen molar-refractivity contribution >= 4 is 86.1 Å². The smallest absolute Gasteiger partial charge is 0.789 e. The van der Waals surface area contributed by atoms with Crippen molar-refractivity contribution in [3.63, 3.8) is 0 Å². The number of hydrogen-bond acceptors (Lipinski definition) is 4. The molecule has 0 unspecified atom stereocenters. The van der Waals surface area contributed by atoms with Crippen LogP contribution in [0.15, 0.2) is 4.99 Å². The number of rotatable bonds is 12.